The van der Waals surface area contributed by atoms with Crippen LogP contribution in [-0.4, -0.2) is 37.2 Å². The zero-order chi connectivity index (χ0) is 18.6. The Kier molecular flexibility index (Phi) is 3.64. The van der Waals surface area contributed by atoms with Crippen LogP contribution in [0.15, 0.2) is 56.6 Å². The van der Waals surface area contributed by atoms with Crippen LogP contribution in [0.25, 0.3) is 11.1 Å². The molecule has 3 aromatic rings. The lowest BCUT2D eigenvalue weighted by Gasteiger charge is -2.12. The zero-order valence-corrected chi connectivity index (χ0v) is 15.0. The number of nitrogens with zero attached hydrogens (tertiary/aromatic N) is 2. The van der Waals surface area contributed by atoms with Crippen LogP contribution in [0, 0.1) is 0 Å². The normalized spacial score (nSPS) is 17.2. The van der Waals surface area contributed by atoms with E-state index < -0.39 is 21.8 Å². The maximum absolute atomic E-state index is 12.7. The van der Waals surface area contributed by atoms with Gasteiger partial charge in [-0.25, -0.2) is 17.5 Å². The van der Waals surface area contributed by atoms with Gasteiger partial charge in [0.05, 0.1) is 10.4 Å². The lowest BCUT2D eigenvalue weighted by molar-refractivity contribution is 0.0939. The van der Waals surface area contributed by atoms with Gasteiger partial charge in [0.15, 0.2) is 11.4 Å². The van der Waals surface area contributed by atoms with E-state index in [4.69, 9.17) is 4.42 Å². The average molecular weight is 372 g/mol. The van der Waals surface area contributed by atoms with Gasteiger partial charge in [0.2, 0.25) is 10.0 Å². The van der Waals surface area contributed by atoms with Gasteiger partial charge in [0.25, 0.3) is 0 Å². The molecule has 1 heterocycles. The topological polar surface area (TPSA) is 89.6 Å². The Balaban J connectivity index is 1.85. The Morgan fingerprint density at radius 2 is 1.85 bits per heavy atom. The Labute approximate surface area is 149 Å². The maximum atomic E-state index is 12.7. The monoisotopic (exact) mass is 372 g/mol. The van der Waals surface area contributed by atoms with Crippen molar-refractivity contribution in [2.45, 2.75) is 17.4 Å². The zero-order valence-electron chi connectivity index (χ0n) is 14.2. The number of hydrogen-bond acceptors (Lipinski definition) is 5. The summed E-state index contributed by atoms with van der Waals surface area (Å²) < 4.78 is 32.2. The molecular formula is C18H16N2O5S. The summed E-state index contributed by atoms with van der Waals surface area (Å²) in [6.07, 6.45) is 0.404. The van der Waals surface area contributed by atoms with E-state index in [-0.39, 0.29) is 16.3 Å². The number of Topliss-reactive ketones (excluding diaryl/α,β-unsaturated/α-hetero) is 1. The molecule has 7 nitrogen and oxygen atoms in total. The second-order valence-electron chi connectivity index (χ2n) is 6.40. The first-order valence-corrected chi connectivity index (χ1v) is 9.44. The van der Waals surface area contributed by atoms with E-state index in [1.54, 1.807) is 12.1 Å². The molecular weight excluding hydrogens is 356 g/mol. The van der Waals surface area contributed by atoms with Crippen LogP contribution in [0.3, 0.4) is 0 Å². The van der Waals surface area contributed by atoms with Gasteiger partial charge in [-0.1, -0.05) is 24.3 Å². The fourth-order valence-electron chi connectivity index (χ4n) is 3.31. The number of carbonyl (C=O) groups excluding carboxylic acids is 1. The van der Waals surface area contributed by atoms with Gasteiger partial charge in [-0.15, -0.1) is 0 Å². The van der Waals surface area contributed by atoms with Gasteiger partial charge >= 0.3 is 5.76 Å². The van der Waals surface area contributed by atoms with Crippen molar-refractivity contribution in [3.63, 3.8) is 0 Å². The van der Waals surface area contributed by atoms with Crippen LogP contribution in [0.2, 0.25) is 0 Å². The second kappa shape index (κ2) is 5.65. The van der Waals surface area contributed by atoms with E-state index in [1.807, 2.05) is 12.1 Å². The molecule has 1 atom stereocenters. The molecule has 0 aliphatic heterocycles. The molecule has 0 amide bonds. The number of oxazole rings is 1. The first-order chi connectivity index (χ1) is 12.3. The molecule has 134 valence electrons. The molecule has 4 rings (SSSR count). The number of carbonyl (C=O) groups is 1. The molecule has 1 aliphatic carbocycles. The SMILES string of the molecule is CN(C)S(=O)(=O)c1ccc2c(c1)oc(=O)n2C1Cc2ccccc2C1=O. The minimum Gasteiger partial charge on any atom is -0.408 e. The van der Waals surface area contributed by atoms with Crippen molar-refractivity contribution in [3.8, 4) is 0 Å². The number of fused-ring (bicyclic) bond motifs is 2. The molecule has 0 saturated carbocycles. The Morgan fingerprint density at radius 3 is 2.54 bits per heavy atom. The minimum absolute atomic E-state index is 0.0249. The third-order valence-electron chi connectivity index (χ3n) is 4.67. The summed E-state index contributed by atoms with van der Waals surface area (Å²) in [6.45, 7) is 0. The lowest BCUT2D eigenvalue weighted by Crippen LogP contribution is -2.24. The summed E-state index contributed by atoms with van der Waals surface area (Å²) in [6, 6.07) is 10.8. The van der Waals surface area contributed by atoms with Crippen molar-refractivity contribution < 1.29 is 17.6 Å². The van der Waals surface area contributed by atoms with Crippen LogP contribution in [-0.2, 0) is 16.4 Å². The maximum Gasteiger partial charge on any atom is 0.420 e. The number of rotatable bonds is 3. The highest BCUT2D eigenvalue weighted by Crippen LogP contribution is 2.32. The summed E-state index contributed by atoms with van der Waals surface area (Å²) >= 11 is 0. The lowest BCUT2D eigenvalue weighted by atomic mass is 10.1. The Morgan fingerprint density at radius 1 is 1.12 bits per heavy atom. The summed E-state index contributed by atoms with van der Waals surface area (Å²) in [5.41, 5.74) is 2.03. The van der Waals surface area contributed by atoms with Gasteiger partial charge in [-0.2, -0.15) is 0 Å². The average Bonchev–Trinajstić information content (AvgIpc) is 3.10. The van der Waals surface area contributed by atoms with Gasteiger partial charge in [0, 0.05) is 32.1 Å². The molecule has 1 aromatic heterocycles. The largest absolute Gasteiger partial charge is 0.420 e. The first-order valence-electron chi connectivity index (χ1n) is 8.00. The van der Waals surface area contributed by atoms with E-state index in [1.165, 1.54) is 36.9 Å². The van der Waals surface area contributed by atoms with Gasteiger partial charge < -0.3 is 4.42 Å². The molecule has 0 spiro atoms. The van der Waals surface area contributed by atoms with Crippen LogP contribution >= 0.6 is 0 Å². The molecule has 0 saturated heterocycles. The fraction of sp³-hybridized carbons (Fsp3) is 0.222. The summed E-state index contributed by atoms with van der Waals surface area (Å²) in [5.74, 6) is -0.819. The number of benzene rings is 2. The fourth-order valence-corrected chi connectivity index (χ4v) is 4.23. The van der Waals surface area contributed by atoms with E-state index >= 15 is 0 Å². The summed E-state index contributed by atoms with van der Waals surface area (Å²) in [4.78, 5) is 25.1. The molecule has 0 fully saturated rings. The van der Waals surface area contributed by atoms with E-state index in [2.05, 4.69) is 0 Å². The Hall–Kier alpha value is -2.71. The molecule has 1 aliphatic rings. The highest BCUT2D eigenvalue weighted by Gasteiger charge is 2.34. The van der Waals surface area contributed by atoms with Crippen molar-refractivity contribution in [1.29, 1.82) is 0 Å². The number of sulfonamides is 1. The van der Waals surface area contributed by atoms with Gasteiger partial charge in [-0.3, -0.25) is 9.36 Å². The van der Waals surface area contributed by atoms with E-state index in [9.17, 15) is 18.0 Å². The van der Waals surface area contributed by atoms with Crippen molar-refractivity contribution in [2.24, 2.45) is 0 Å². The molecule has 0 bridgehead atoms. The minimum atomic E-state index is -3.65. The quantitative estimate of drug-likeness (QED) is 0.700. The number of ketones is 1. The second-order valence-corrected chi connectivity index (χ2v) is 8.55. The predicted octanol–water partition coefficient (Wildman–Crippen LogP) is 1.82. The van der Waals surface area contributed by atoms with E-state index in [0.717, 1.165) is 9.87 Å². The smallest absolute Gasteiger partial charge is 0.408 e. The highest BCUT2D eigenvalue weighted by molar-refractivity contribution is 7.89. The van der Waals surface area contributed by atoms with Crippen molar-refractivity contribution in [3.05, 3.63) is 64.1 Å². The highest BCUT2D eigenvalue weighted by atomic mass is 32.2. The molecule has 1 unspecified atom stereocenters. The van der Waals surface area contributed by atoms with Crippen molar-refractivity contribution >= 4 is 26.9 Å². The molecule has 2 aromatic carbocycles. The van der Waals surface area contributed by atoms with Crippen LogP contribution in [0.5, 0.6) is 0 Å². The first kappa shape index (κ1) is 16.7. The van der Waals surface area contributed by atoms with Gasteiger partial charge in [-0.05, 0) is 17.7 Å². The number of hydrogen-bond donors (Lipinski definition) is 0. The third kappa shape index (κ3) is 2.33. The van der Waals surface area contributed by atoms with Gasteiger partial charge in [0.1, 0.15) is 6.04 Å². The number of aromatic nitrogens is 1. The van der Waals surface area contributed by atoms with Crippen LogP contribution in [0.1, 0.15) is 22.0 Å². The molecule has 8 heteroatoms. The van der Waals surface area contributed by atoms with Crippen molar-refractivity contribution in [1.82, 2.24) is 8.87 Å². The van der Waals surface area contributed by atoms with Crippen LogP contribution in [0.4, 0.5) is 0 Å². The molecule has 0 radical (unpaired) electrons. The van der Waals surface area contributed by atoms with Crippen molar-refractivity contribution in [2.75, 3.05) is 14.1 Å². The van der Waals surface area contributed by atoms with E-state index in [0.29, 0.717) is 17.5 Å². The standard InChI is InChI=1S/C18H16N2O5S/c1-19(2)26(23,24)12-7-8-14-16(10-12)25-18(22)20(14)15-9-11-5-3-4-6-13(11)17(15)21/h3-8,10,15H,9H2,1-2H3. The summed E-state index contributed by atoms with van der Waals surface area (Å²) in [7, 11) is -0.799. The Bertz CT molecular complexity index is 1200. The predicted molar refractivity (Wildman–Crippen MR) is 94.9 cm³/mol. The summed E-state index contributed by atoms with van der Waals surface area (Å²) in [5, 5.41) is 0. The van der Waals surface area contributed by atoms with Crippen LogP contribution < -0.4 is 5.76 Å². The molecule has 0 N–H and O–H groups in total. The molecule has 26 heavy (non-hydrogen) atoms. The third-order valence-corrected chi connectivity index (χ3v) is 6.48.